The maximum absolute atomic E-state index is 6.39. The lowest BCUT2D eigenvalue weighted by Crippen LogP contribution is -2.53. The van der Waals surface area contributed by atoms with Crippen LogP contribution in [-0.2, 0) is 9.47 Å². The number of rotatable bonds is 4. The van der Waals surface area contributed by atoms with Crippen molar-refractivity contribution in [3.63, 3.8) is 0 Å². The minimum absolute atomic E-state index is 0.404. The van der Waals surface area contributed by atoms with Crippen LogP contribution in [0.25, 0.3) is 0 Å². The van der Waals surface area contributed by atoms with Crippen molar-refractivity contribution in [3.8, 4) is 0 Å². The number of fused-ring (bicyclic) bond motifs is 2. The summed E-state index contributed by atoms with van der Waals surface area (Å²) in [5, 5.41) is 0. The van der Waals surface area contributed by atoms with Crippen molar-refractivity contribution in [3.05, 3.63) is 0 Å². The Balaban J connectivity index is 1.53. The molecule has 1 heterocycles. The molecule has 3 nitrogen and oxygen atoms in total. The number of morpholine rings is 1. The molecular formula is C17H32NO2+. The summed E-state index contributed by atoms with van der Waals surface area (Å²) in [5.74, 6) is 0.880. The number of hydrogen-bond acceptors (Lipinski definition) is 2. The smallest absolute Gasteiger partial charge is 0.102 e. The van der Waals surface area contributed by atoms with Crippen LogP contribution < -0.4 is 0 Å². The van der Waals surface area contributed by atoms with Gasteiger partial charge in [-0.3, -0.25) is 0 Å². The predicted molar refractivity (Wildman–Crippen MR) is 80.6 cm³/mol. The van der Waals surface area contributed by atoms with Crippen LogP contribution in [0.4, 0.5) is 0 Å². The summed E-state index contributed by atoms with van der Waals surface area (Å²) in [6.45, 7) is 13.5. The van der Waals surface area contributed by atoms with Crippen molar-refractivity contribution >= 4 is 0 Å². The fraction of sp³-hybridized carbons (Fsp3) is 1.00. The standard InChI is InChI=1S/C17H32NO2/c1-16(2)14-5-6-17(16,3)15(13-14)20-12-9-18(4)7-10-19-11-8-18/h14-15H,5-13H2,1-4H3/q+1/t14-,15+,17-/m0/s1. The van der Waals surface area contributed by atoms with Crippen LogP contribution in [0.1, 0.15) is 40.0 Å². The summed E-state index contributed by atoms with van der Waals surface area (Å²) in [4.78, 5) is 0. The summed E-state index contributed by atoms with van der Waals surface area (Å²) >= 11 is 0. The molecule has 0 N–H and O–H groups in total. The van der Waals surface area contributed by atoms with Gasteiger partial charge in [0.15, 0.2) is 0 Å². The highest BCUT2D eigenvalue weighted by Crippen LogP contribution is 2.66. The highest BCUT2D eigenvalue weighted by molar-refractivity contribution is 5.11. The van der Waals surface area contributed by atoms with Crippen molar-refractivity contribution < 1.29 is 14.0 Å². The highest BCUT2D eigenvalue weighted by Gasteiger charge is 2.61. The minimum atomic E-state index is 0.404. The van der Waals surface area contributed by atoms with Crippen LogP contribution in [0, 0.1) is 16.7 Å². The Labute approximate surface area is 124 Å². The van der Waals surface area contributed by atoms with E-state index in [2.05, 4.69) is 27.8 Å². The van der Waals surface area contributed by atoms with Gasteiger partial charge in [0.25, 0.3) is 0 Å². The lowest BCUT2D eigenvalue weighted by atomic mass is 9.70. The largest absolute Gasteiger partial charge is 0.372 e. The molecule has 0 radical (unpaired) electrons. The van der Waals surface area contributed by atoms with Crippen LogP contribution in [0.3, 0.4) is 0 Å². The Morgan fingerprint density at radius 2 is 1.90 bits per heavy atom. The topological polar surface area (TPSA) is 18.5 Å². The molecule has 0 unspecified atom stereocenters. The normalized spacial score (nSPS) is 42.0. The quantitative estimate of drug-likeness (QED) is 0.738. The average molecular weight is 282 g/mol. The second-order valence-corrected chi connectivity index (χ2v) is 8.37. The second kappa shape index (κ2) is 4.96. The molecule has 3 fully saturated rings. The van der Waals surface area contributed by atoms with Crippen LogP contribution in [0.5, 0.6) is 0 Å². The molecule has 3 atom stereocenters. The van der Waals surface area contributed by atoms with Gasteiger partial charge in [-0.1, -0.05) is 20.8 Å². The summed E-state index contributed by atoms with van der Waals surface area (Å²) in [6, 6.07) is 0. The third-order valence-corrected chi connectivity index (χ3v) is 7.22. The van der Waals surface area contributed by atoms with Gasteiger partial charge < -0.3 is 14.0 Å². The zero-order valence-electron chi connectivity index (χ0n) is 13.8. The average Bonchev–Trinajstić information content (AvgIpc) is 2.72. The first-order chi connectivity index (χ1) is 9.37. The second-order valence-electron chi connectivity index (χ2n) is 8.37. The minimum Gasteiger partial charge on any atom is -0.372 e. The van der Waals surface area contributed by atoms with Gasteiger partial charge in [0.05, 0.1) is 33.0 Å². The summed E-state index contributed by atoms with van der Waals surface area (Å²) in [6.07, 6.45) is 4.55. The maximum atomic E-state index is 6.39. The Kier molecular flexibility index (Phi) is 3.67. The third-order valence-electron chi connectivity index (χ3n) is 7.22. The van der Waals surface area contributed by atoms with Crippen LogP contribution in [0.15, 0.2) is 0 Å². The van der Waals surface area contributed by atoms with Crippen LogP contribution in [-0.4, -0.2) is 57.1 Å². The number of nitrogens with zero attached hydrogens (tertiary/aromatic N) is 1. The van der Waals surface area contributed by atoms with Crippen molar-refractivity contribution in [1.82, 2.24) is 0 Å². The molecular weight excluding hydrogens is 250 g/mol. The summed E-state index contributed by atoms with van der Waals surface area (Å²) in [5.41, 5.74) is 0.871. The van der Waals surface area contributed by atoms with E-state index in [1.165, 1.54) is 19.3 Å². The molecule has 116 valence electrons. The lowest BCUT2D eigenvalue weighted by molar-refractivity contribution is -0.917. The Bertz CT molecular complexity index is 362. The molecule has 2 aliphatic carbocycles. The van der Waals surface area contributed by atoms with Crippen LogP contribution >= 0.6 is 0 Å². The Hall–Kier alpha value is -0.120. The van der Waals surface area contributed by atoms with E-state index in [0.29, 0.717) is 16.9 Å². The summed E-state index contributed by atoms with van der Waals surface area (Å²) < 4.78 is 13.0. The molecule has 1 saturated heterocycles. The number of hydrogen-bond donors (Lipinski definition) is 0. The highest BCUT2D eigenvalue weighted by atomic mass is 16.5. The van der Waals surface area contributed by atoms with Gasteiger partial charge in [-0.05, 0) is 36.0 Å². The number of quaternary nitrogens is 1. The molecule has 3 heteroatoms. The monoisotopic (exact) mass is 282 g/mol. The summed E-state index contributed by atoms with van der Waals surface area (Å²) in [7, 11) is 2.35. The van der Waals surface area contributed by atoms with Gasteiger partial charge >= 0.3 is 0 Å². The molecule has 1 aliphatic heterocycles. The van der Waals surface area contributed by atoms with Crippen molar-refractivity contribution in [2.24, 2.45) is 16.7 Å². The first-order valence-electron chi connectivity index (χ1n) is 8.40. The van der Waals surface area contributed by atoms with E-state index in [1.807, 2.05) is 0 Å². The molecule has 0 aromatic rings. The van der Waals surface area contributed by atoms with E-state index >= 15 is 0 Å². The third kappa shape index (κ3) is 2.22. The van der Waals surface area contributed by atoms with Gasteiger partial charge in [0.1, 0.15) is 19.6 Å². The van der Waals surface area contributed by atoms with Crippen molar-refractivity contribution in [1.29, 1.82) is 0 Å². The van der Waals surface area contributed by atoms with Gasteiger partial charge in [-0.15, -0.1) is 0 Å². The first-order valence-corrected chi connectivity index (χ1v) is 8.40. The van der Waals surface area contributed by atoms with Gasteiger partial charge in [-0.25, -0.2) is 0 Å². The van der Waals surface area contributed by atoms with Crippen LogP contribution in [0.2, 0.25) is 0 Å². The van der Waals surface area contributed by atoms with E-state index in [1.54, 1.807) is 0 Å². The van der Waals surface area contributed by atoms with E-state index in [9.17, 15) is 0 Å². The zero-order chi connectivity index (χ0) is 14.4. The molecule has 3 aliphatic rings. The first kappa shape index (κ1) is 14.8. The fourth-order valence-corrected chi connectivity index (χ4v) is 4.80. The molecule has 2 bridgehead atoms. The number of ether oxygens (including phenoxy) is 2. The Morgan fingerprint density at radius 3 is 2.45 bits per heavy atom. The van der Waals surface area contributed by atoms with Crippen molar-refractivity contribution in [2.75, 3.05) is 46.5 Å². The van der Waals surface area contributed by atoms with Gasteiger partial charge in [0, 0.05) is 0 Å². The molecule has 0 amide bonds. The number of likely N-dealkylation sites (N-methyl/N-ethyl adjacent to an activating group) is 1. The predicted octanol–water partition coefficient (Wildman–Crippen LogP) is 2.69. The van der Waals surface area contributed by atoms with Crippen molar-refractivity contribution in [2.45, 2.75) is 46.1 Å². The molecule has 0 aromatic heterocycles. The molecule has 0 spiro atoms. The van der Waals surface area contributed by atoms with Gasteiger partial charge in [0.2, 0.25) is 0 Å². The van der Waals surface area contributed by atoms with E-state index in [-0.39, 0.29) is 0 Å². The zero-order valence-corrected chi connectivity index (χ0v) is 13.8. The lowest BCUT2D eigenvalue weighted by Gasteiger charge is -2.40. The molecule has 20 heavy (non-hydrogen) atoms. The fourth-order valence-electron chi connectivity index (χ4n) is 4.80. The van der Waals surface area contributed by atoms with Gasteiger partial charge in [-0.2, -0.15) is 0 Å². The molecule has 3 rings (SSSR count). The van der Waals surface area contributed by atoms with E-state index in [0.717, 1.165) is 49.9 Å². The van der Waals surface area contributed by atoms with E-state index in [4.69, 9.17) is 9.47 Å². The molecule has 0 aromatic carbocycles. The SMILES string of the molecule is CC1(C)[C@H]2CC[C@@]1(C)[C@H](OCC[N+]1(C)CCOCC1)C2. The molecule has 2 saturated carbocycles. The van der Waals surface area contributed by atoms with E-state index < -0.39 is 0 Å². The maximum Gasteiger partial charge on any atom is 0.102 e. The Morgan fingerprint density at radius 1 is 1.20 bits per heavy atom.